The van der Waals surface area contributed by atoms with E-state index in [1.165, 1.54) is 6.20 Å². The van der Waals surface area contributed by atoms with Gasteiger partial charge in [0, 0.05) is 36.5 Å². The van der Waals surface area contributed by atoms with Gasteiger partial charge in [0.25, 0.3) is 0 Å². The number of rotatable bonds is 4. The van der Waals surface area contributed by atoms with Crippen LogP contribution < -0.4 is 5.73 Å². The van der Waals surface area contributed by atoms with Gasteiger partial charge in [0.2, 0.25) is 0 Å². The normalized spacial score (nSPS) is 12.9. The Morgan fingerprint density at radius 3 is 2.78 bits per heavy atom. The number of aromatic nitrogens is 3. The highest BCUT2D eigenvalue weighted by Crippen LogP contribution is 2.17. The third-order valence-electron chi connectivity index (χ3n) is 2.82. The summed E-state index contributed by atoms with van der Waals surface area (Å²) in [5, 5.41) is 4.40. The van der Waals surface area contributed by atoms with Gasteiger partial charge in [-0.05, 0) is 26.0 Å². The first-order valence-corrected chi connectivity index (χ1v) is 5.97. The first-order valence-electron chi connectivity index (χ1n) is 5.97. The molecule has 4 nitrogen and oxygen atoms in total. The lowest BCUT2D eigenvalue weighted by atomic mass is 10.0. The minimum absolute atomic E-state index is 0.313. The Hall–Kier alpha value is -1.75. The Labute approximate surface area is 106 Å². The molecule has 0 radical (unpaired) electrons. The zero-order valence-corrected chi connectivity index (χ0v) is 10.5. The van der Waals surface area contributed by atoms with Crippen molar-refractivity contribution in [2.75, 3.05) is 0 Å². The standard InChI is InChI=1S/C13H17FN4/c1-9(2)18-6-4-10(17-18)7-13(15)11-3-5-16-8-12(11)14/h3-6,8-9,13H,7,15H2,1-2H3. The summed E-state index contributed by atoms with van der Waals surface area (Å²) < 4.78 is 15.4. The van der Waals surface area contributed by atoms with Crippen molar-refractivity contribution in [1.29, 1.82) is 0 Å². The number of halogens is 1. The number of pyridine rings is 1. The van der Waals surface area contributed by atoms with E-state index in [0.29, 0.717) is 18.0 Å². The number of nitrogens with zero attached hydrogens (tertiary/aromatic N) is 3. The van der Waals surface area contributed by atoms with Crippen LogP contribution in [-0.2, 0) is 6.42 Å². The molecule has 0 saturated carbocycles. The van der Waals surface area contributed by atoms with Gasteiger partial charge in [0.15, 0.2) is 0 Å². The van der Waals surface area contributed by atoms with Crippen molar-refractivity contribution in [2.24, 2.45) is 5.73 Å². The van der Waals surface area contributed by atoms with E-state index in [0.717, 1.165) is 5.69 Å². The van der Waals surface area contributed by atoms with Gasteiger partial charge < -0.3 is 5.73 Å². The zero-order chi connectivity index (χ0) is 13.1. The Balaban J connectivity index is 2.11. The highest BCUT2D eigenvalue weighted by atomic mass is 19.1. The second kappa shape index (κ2) is 5.27. The fourth-order valence-corrected chi connectivity index (χ4v) is 1.80. The van der Waals surface area contributed by atoms with Crippen molar-refractivity contribution in [3.05, 3.63) is 47.8 Å². The van der Waals surface area contributed by atoms with Gasteiger partial charge in [-0.3, -0.25) is 9.67 Å². The summed E-state index contributed by atoms with van der Waals surface area (Å²) in [7, 11) is 0. The van der Waals surface area contributed by atoms with E-state index in [9.17, 15) is 4.39 Å². The van der Waals surface area contributed by atoms with E-state index in [4.69, 9.17) is 5.73 Å². The second-order valence-corrected chi connectivity index (χ2v) is 4.59. The molecule has 2 N–H and O–H groups in total. The third-order valence-corrected chi connectivity index (χ3v) is 2.82. The lowest BCUT2D eigenvalue weighted by molar-refractivity contribution is 0.519. The summed E-state index contributed by atoms with van der Waals surface area (Å²) in [5.41, 5.74) is 7.34. The predicted molar refractivity (Wildman–Crippen MR) is 67.4 cm³/mol. The van der Waals surface area contributed by atoms with Crippen LogP contribution in [0.3, 0.4) is 0 Å². The molecule has 0 aliphatic heterocycles. The number of nitrogens with two attached hydrogens (primary N) is 1. The maximum Gasteiger partial charge on any atom is 0.146 e. The van der Waals surface area contributed by atoms with Gasteiger partial charge in [-0.1, -0.05) is 0 Å². The van der Waals surface area contributed by atoms with Crippen LogP contribution in [0.4, 0.5) is 4.39 Å². The van der Waals surface area contributed by atoms with E-state index in [1.54, 1.807) is 12.3 Å². The summed E-state index contributed by atoms with van der Waals surface area (Å²) in [4.78, 5) is 3.71. The van der Waals surface area contributed by atoms with Gasteiger partial charge in [-0.2, -0.15) is 5.10 Å². The maximum absolute atomic E-state index is 13.5. The quantitative estimate of drug-likeness (QED) is 0.902. The van der Waals surface area contributed by atoms with E-state index >= 15 is 0 Å². The van der Waals surface area contributed by atoms with E-state index in [1.807, 2.05) is 16.9 Å². The summed E-state index contributed by atoms with van der Waals surface area (Å²) in [6.07, 6.45) is 5.16. The van der Waals surface area contributed by atoms with Crippen LogP contribution in [0, 0.1) is 5.82 Å². The molecular formula is C13H17FN4. The van der Waals surface area contributed by atoms with E-state index in [-0.39, 0.29) is 5.82 Å². The first-order chi connectivity index (χ1) is 8.58. The molecule has 2 aromatic rings. The summed E-state index contributed by atoms with van der Waals surface area (Å²) in [6, 6.07) is 3.44. The average Bonchev–Trinajstić information content (AvgIpc) is 2.78. The van der Waals surface area contributed by atoms with Crippen LogP contribution in [0.2, 0.25) is 0 Å². The molecule has 2 aromatic heterocycles. The Kier molecular flexibility index (Phi) is 3.72. The molecule has 2 rings (SSSR count). The Morgan fingerprint density at radius 2 is 2.17 bits per heavy atom. The fraction of sp³-hybridized carbons (Fsp3) is 0.385. The van der Waals surface area contributed by atoms with Gasteiger partial charge in [0.1, 0.15) is 5.82 Å². The molecule has 96 valence electrons. The molecule has 0 amide bonds. The molecule has 1 unspecified atom stereocenters. The molecule has 5 heteroatoms. The van der Waals surface area contributed by atoms with Crippen molar-refractivity contribution in [3.8, 4) is 0 Å². The third kappa shape index (κ3) is 2.73. The molecule has 0 saturated heterocycles. The van der Waals surface area contributed by atoms with E-state index < -0.39 is 6.04 Å². The molecule has 0 spiro atoms. The van der Waals surface area contributed by atoms with Gasteiger partial charge in [0.05, 0.1) is 11.9 Å². The number of hydrogen-bond donors (Lipinski definition) is 1. The molecule has 18 heavy (non-hydrogen) atoms. The average molecular weight is 248 g/mol. The lowest BCUT2D eigenvalue weighted by Crippen LogP contribution is -2.15. The van der Waals surface area contributed by atoms with E-state index in [2.05, 4.69) is 23.9 Å². The molecule has 2 heterocycles. The molecule has 1 atom stereocenters. The Morgan fingerprint density at radius 1 is 1.39 bits per heavy atom. The first kappa shape index (κ1) is 12.7. The van der Waals surface area contributed by atoms with Crippen LogP contribution in [0.15, 0.2) is 30.7 Å². The Bertz CT molecular complexity index is 521. The molecule has 0 bridgehead atoms. The SMILES string of the molecule is CC(C)n1ccc(CC(N)c2ccncc2F)n1. The van der Waals surface area contributed by atoms with Crippen LogP contribution >= 0.6 is 0 Å². The topological polar surface area (TPSA) is 56.7 Å². The zero-order valence-electron chi connectivity index (χ0n) is 10.5. The van der Waals surface area contributed by atoms with Crippen molar-refractivity contribution in [2.45, 2.75) is 32.4 Å². The van der Waals surface area contributed by atoms with Crippen LogP contribution in [-0.4, -0.2) is 14.8 Å². The van der Waals surface area contributed by atoms with Gasteiger partial charge >= 0.3 is 0 Å². The summed E-state index contributed by atoms with van der Waals surface area (Å²) >= 11 is 0. The van der Waals surface area contributed by atoms with Crippen LogP contribution in [0.25, 0.3) is 0 Å². The van der Waals surface area contributed by atoms with Gasteiger partial charge in [-0.15, -0.1) is 0 Å². The van der Waals surface area contributed by atoms with Crippen LogP contribution in [0.5, 0.6) is 0 Å². The molecule has 0 aliphatic carbocycles. The smallest absolute Gasteiger partial charge is 0.146 e. The highest BCUT2D eigenvalue weighted by molar-refractivity contribution is 5.19. The highest BCUT2D eigenvalue weighted by Gasteiger charge is 2.13. The lowest BCUT2D eigenvalue weighted by Gasteiger charge is -2.11. The summed E-state index contributed by atoms with van der Waals surface area (Å²) in [6.45, 7) is 4.11. The predicted octanol–water partition coefficient (Wildman–Crippen LogP) is 2.24. The maximum atomic E-state index is 13.5. The monoisotopic (exact) mass is 248 g/mol. The molecule has 0 fully saturated rings. The minimum atomic E-state index is -0.400. The number of hydrogen-bond acceptors (Lipinski definition) is 3. The fourth-order valence-electron chi connectivity index (χ4n) is 1.80. The molecule has 0 aliphatic rings. The van der Waals surface area contributed by atoms with Crippen molar-refractivity contribution < 1.29 is 4.39 Å². The van der Waals surface area contributed by atoms with Crippen molar-refractivity contribution in [1.82, 2.24) is 14.8 Å². The van der Waals surface area contributed by atoms with Crippen molar-refractivity contribution in [3.63, 3.8) is 0 Å². The summed E-state index contributed by atoms with van der Waals surface area (Å²) in [5.74, 6) is -0.367. The molecular weight excluding hydrogens is 231 g/mol. The van der Waals surface area contributed by atoms with Crippen molar-refractivity contribution >= 4 is 0 Å². The largest absolute Gasteiger partial charge is 0.324 e. The second-order valence-electron chi connectivity index (χ2n) is 4.59. The minimum Gasteiger partial charge on any atom is -0.324 e. The molecule has 0 aromatic carbocycles. The van der Waals surface area contributed by atoms with Gasteiger partial charge in [-0.25, -0.2) is 4.39 Å². The van der Waals surface area contributed by atoms with Crippen LogP contribution in [0.1, 0.15) is 37.2 Å².